The summed E-state index contributed by atoms with van der Waals surface area (Å²) in [4.78, 5) is 28.7. The summed E-state index contributed by atoms with van der Waals surface area (Å²) in [7, 11) is 1.80. The lowest BCUT2D eigenvalue weighted by Gasteiger charge is -2.21. The number of amides is 2. The molecule has 2 aromatic rings. The van der Waals surface area contributed by atoms with Crippen LogP contribution in [0.1, 0.15) is 31.9 Å². The summed E-state index contributed by atoms with van der Waals surface area (Å²) in [6, 6.07) is 15.6. The van der Waals surface area contributed by atoms with Crippen LogP contribution in [0.15, 0.2) is 48.5 Å². The van der Waals surface area contributed by atoms with E-state index in [0.29, 0.717) is 13.0 Å². The minimum atomic E-state index is -0.549. The first-order valence-electron chi connectivity index (χ1n) is 8.63. The molecule has 0 spiro atoms. The first-order valence-corrected chi connectivity index (χ1v) is 8.63. The molecule has 0 saturated carbocycles. The highest BCUT2D eigenvalue weighted by atomic mass is 16.2. The van der Waals surface area contributed by atoms with E-state index in [4.69, 9.17) is 0 Å². The second-order valence-electron chi connectivity index (χ2n) is 6.99. The highest BCUT2D eigenvalue weighted by Gasteiger charge is 2.42. The number of hydrogen-bond donors (Lipinski definition) is 0. The molecule has 0 unspecified atom stereocenters. The molecule has 4 nitrogen and oxygen atoms in total. The molecule has 4 heteroatoms. The van der Waals surface area contributed by atoms with Gasteiger partial charge >= 0.3 is 0 Å². The molecule has 0 aromatic heterocycles. The zero-order valence-electron chi connectivity index (χ0n) is 15.2. The first-order chi connectivity index (χ1) is 11.9. The normalized spacial score (nSPS) is 15.2. The average molecular weight is 336 g/mol. The molecule has 0 bridgehead atoms. The number of nitrogens with zero attached hydrogens (tertiary/aromatic N) is 2. The van der Waals surface area contributed by atoms with Crippen LogP contribution in [-0.2, 0) is 21.4 Å². The van der Waals surface area contributed by atoms with Crippen molar-refractivity contribution in [2.45, 2.75) is 32.6 Å². The van der Waals surface area contributed by atoms with Gasteiger partial charge in [-0.2, -0.15) is 0 Å². The number of carbonyl (C=O) groups excluding carboxylic acids is 2. The molecule has 1 aliphatic heterocycles. The Morgan fingerprint density at radius 1 is 1.12 bits per heavy atom. The molecule has 25 heavy (non-hydrogen) atoms. The van der Waals surface area contributed by atoms with Gasteiger partial charge in [0.15, 0.2) is 0 Å². The van der Waals surface area contributed by atoms with Gasteiger partial charge in [0, 0.05) is 25.0 Å². The molecule has 1 heterocycles. The Morgan fingerprint density at radius 2 is 1.80 bits per heavy atom. The number of hydrogen-bond acceptors (Lipinski definition) is 2. The fourth-order valence-corrected chi connectivity index (χ4v) is 3.51. The van der Waals surface area contributed by atoms with E-state index in [1.54, 1.807) is 16.8 Å². The van der Waals surface area contributed by atoms with E-state index in [9.17, 15) is 9.59 Å². The second kappa shape index (κ2) is 6.36. The standard InChI is InChI=1S/C21H24N2O2/c1-5-23(16-9-7-6-8-10-16)19(24)14-15-11-12-18-17(13-15)21(2,3)20(25)22(18)4/h6-13H,5,14H2,1-4H3. The van der Waals surface area contributed by atoms with Crippen molar-refractivity contribution in [3.05, 3.63) is 59.7 Å². The minimum absolute atomic E-state index is 0.0594. The summed E-state index contributed by atoms with van der Waals surface area (Å²) < 4.78 is 0. The molecule has 0 saturated heterocycles. The highest BCUT2D eigenvalue weighted by molar-refractivity contribution is 6.07. The van der Waals surface area contributed by atoms with Crippen LogP contribution in [0.5, 0.6) is 0 Å². The van der Waals surface area contributed by atoms with Crippen molar-refractivity contribution < 1.29 is 9.59 Å². The third kappa shape index (κ3) is 2.93. The van der Waals surface area contributed by atoms with Gasteiger partial charge < -0.3 is 9.80 Å². The zero-order valence-corrected chi connectivity index (χ0v) is 15.2. The predicted molar refractivity (Wildman–Crippen MR) is 101 cm³/mol. The van der Waals surface area contributed by atoms with E-state index >= 15 is 0 Å². The molecule has 3 rings (SSSR count). The summed E-state index contributed by atoms with van der Waals surface area (Å²) in [6.07, 6.45) is 0.323. The van der Waals surface area contributed by atoms with Crippen molar-refractivity contribution >= 4 is 23.2 Å². The molecule has 2 aromatic carbocycles. The maximum atomic E-state index is 12.8. The van der Waals surface area contributed by atoms with Crippen LogP contribution in [0, 0.1) is 0 Å². The lowest BCUT2D eigenvalue weighted by molar-refractivity contribution is -0.121. The van der Waals surface area contributed by atoms with Crippen molar-refractivity contribution in [2.24, 2.45) is 0 Å². The Bertz CT molecular complexity index is 812. The highest BCUT2D eigenvalue weighted by Crippen LogP contribution is 2.41. The molecule has 2 amide bonds. The van der Waals surface area contributed by atoms with Crippen LogP contribution in [0.25, 0.3) is 0 Å². The van der Waals surface area contributed by atoms with Crippen molar-refractivity contribution in [1.82, 2.24) is 0 Å². The second-order valence-corrected chi connectivity index (χ2v) is 6.99. The minimum Gasteiger partial charge on any atom is -0.314 e. The summed E-state index contributed by atoms with van der Waals surface area (Å²) in [5.74, 6) is 0.148. The predicted octanol–water partition coefficient (Wildman–Crippen LogP) is 3.54. The van der Waals surface area contributed by atoms with Gasteiger partial charge in [-0.3, -0.25) is 9.59 Å². The SMILES string of the molecule is CCN(C(=O)Cc1ccc2c(c1)C(C)(C)C(=O)N2C)c1ccccc1. The number of fused-ring (bicyclic) bond motifs is 1. The Balaban J connectivity index is 1.86. The lowest BCUT2D eigenvalue weighted by Crippen LogP contribution is -2.33. The summed E-state index contributed by atoms with van der Waals surface area (Å²) in [5.41, 5.74) is 3.22. The van der Waals surface area contributed by atoms with Gasteiger partial charge in [0.2, 0.25) is 11.8 Å². The lowest BCUT2D eigenvalue weighted by atomic mass is 9.85. The van der Waals surface area contributed by atoms with Crippen LogP contribution >= 0.6 is 0 Å². The number of anilines is 2. The number of para-hydroxylation sites is 1. The molecule has 0 atom stereocenters. The summed E-state index contributed by atoms with van der Waals surface area (Å²) in [6.45, 7) is 6.47. The van der Waals surface area contributed by atoms with Crippen LogP contribution in [0.2, 0.25) is 0 Å². The maximum Gasteiger partial charge on any atom is 0.236 e. The Hall–Kier alpha value is -2.62. The molecule has 0 radical (unpaired) electrons. The van der Waals surface area contributed by atoms with Crippen molar-refractivity contribution in [1.29, 1.82) is 0 Å². The van der Waals surface area contributed by atoms with Crippen molar-refractivity contribution in [2.75, 3.05) is 23.4 Å². The van der Waals surface area contributed by atoms with Crippen LogP contribution in [0.3, 0.4) is 0 Å². The first kappa shape index (κ1) is 17.2. The topological polar surface area (TPSA) is 40.6 Å². The molecule has 0 aliphatic carbocycles. The van der Waals surface area contributed by atoms with E-state index in [0.717, 1.165) is 22.5 Å². The molecule has 1 aliphatic rings. The van der Waals surface area contributed by atoms with Crippen molar-refractivity contribution in [3.63, 3.8) is 0 Å². The maximum absolute atomic E-state index is 12.8. The summed E-state index contributed by atoms with van der Waals surface area (Å²) in [5, 5.41) is 0. The smallest absolute Gasteiger partial charge is 0.236 e. The Morgan fingerprint density at radius 3 is 2.44 bits per heavy atom. The number of benzene rings is 2. The molecule has 130 valence electrons. The largest absolute Gasteiger partial charge is 0.314 e. The van der Waals surface area contributed by atoms with Crippen LogP contribution in [-0.4, -0.2) is 25.4 Å². The van der Waals surface area contributed by atoms with E-state index in [-0.39, 0.29) is 11.8 Å². The fourth-order valence-electron chi connectivity index (χ4n) is 3.51. The molecular weight excluding hydrogens is 312 g/mol. The van der Waals surface area contributed by atoms with Crippen LogP contribution < -0.4 is 9.80 Å². The van der Waals surface area contributed by atoms with Gasteiger partial charge in [0.25, 0.3) is 0 Å². The van der Waals surface area contributed by atoms with Gasteiger partial charge in [-0.05, 0) is 50.1 Å². The van der Waals surface area contributed by atoms with E-state index in [1.807, 2.05) is 69.3 Å². The number of rotatable bonds is 4. The van der Waals surface area contributed by atoms with Gasteiger partial charge in [-0.15, -0.1) is 0 Å². The number of carbonyl (C=O) groups is 2. The monoisotopic (exact) mass is 336 g/mol. The molecular formula is C21H24N2O2. The zero-order chi connectivity index (χ0) is 18.2. The van der Waals surface area contributed by atoms with Crippen molar-refractivity contribution in [3.8, 4) is 0 Å². The van der Waals surface area contributed by atoms with E-state index < -0.39 is 5.41 Å². The molecule has 0 fully saturated rings. The fraction of sp³-hybridized carbons (Fsp3) is 0.333. The third-order valence-electron chi connectivity index (χ3n) is 4.98. The quantitative estimate of drug-likeness (QED) is 0.857. The van der Waals surface area contributed by atoms with E-state index in [2.05, 4.69) is 0 Å². The van der Waals surface area contributed by atoms with Gasteiger partial charge in [-0.25, -0.2) is 0 Å². The van der Waals surface area contributed by atoms with Gasteiger partial charge in [-0.1, -0.05) is 30.3 Å². The number of likely N-dealkylation sites (N-methyl/N-ethyl adjacent to an activating group) is 2. The van der Waals surface area contributed by atoms with E-state index in [1.165, 1.54) is 0 Å². The van der Waals surface area contributed by atoms with Gasteiger partial charge in [0.05, 0.1) is 11.8 Å². The average Bonchev–Trinajstić information content (AvgIpc) is 2.77. The van der Waals surface area contributed by atoms with Gasteiger partial charge in [0.1, 0.15) is 0 Å². The summed E-state index contributed by atoms with van der Waals surface area (Å²) >= 11 is 0. The molecule has 0 N–H and O–H groups in total. The Kier molecular flexibility index (Phi) is 4.38. The Labute approximate surface area is 149 Å². The third-order valence-corrected chi connectivity index (χ3v) is 4.98. The van der Waals surface area contributed by atoms with Crippen LogP contribution in [0.4, 0.5) is 11.4 Å².